The van der Waals surface area contributed by atoms with E-state index in [1.54, 1.807) is 6.07 Å². The van der Waals surface area contributed by atoms with Gasteiger partial charge in [0, 0.05) is 47.6 Å². The highest BCUT2D eigenvalue weighted by molar-refractivity contribution is 6.07. The molecule has 1 fully saturated rings. The molecule has 0 radical (unpaired) electrons. The van der Waals surface area contributed by atoms with Gasteiger partial charge in [0.25, 0.3) is 5.56 Å². The third-order valence-electron chi connectivity index (χ3n) is 5.20. The molecule has 2 heterocycles. The fourth-order valence-corrected chi connectivity index (χ4v) is 3.62. The highest BCUT2D eigenvalue weighted by atomic mass is 19.4. The van der Waals surface area contributed by atoms with Gasteiger partial charge in [0.2, 0.25) is 5.91 Å². The van der Waals surface area contributed by atoms with E-state index < -0.39 is 23.2 Å². The monoisotopic (exact) mass is 418 g/mol. The van der Waals surface area contributed by atoms with E-state index in [1.165, 1.54) is 18.2 Å². The van der Waals surface area contributed by atoms with Crippen LogP contribution in [0.5, 0.6) is 0 Å². The number of benzene rings is 1. The lowest BCUT2D eigenvalue weighted by Gasteiger charge is -2.22. The maximum Gasteiger partial charge on any atom is 0.416 e. The van der Waals surface area contributed by atoms with E-state index in [2.05, 4.69) is 10.3 Å². The van der Waals surface area contributed by atoms with E-state index in [1.807, 2.05) is 0 Å². The Labute approximate surface area is 170 Å². The molecule has 9 heteroatoms. The summed E-state index contributed by atoms with van der Waals surface area (Å²) in [4.78, 5) is 26.9. The van der Waals surface area contributed by atoms with Crippen molar-refractivity contribution in [3.8, 4) is 0 Å². The van der Waals surface area contributed by atoms with Crippen molar-refractivity contribution in [2.75, 3.05) is 0 Å². The molecule has 2 atom stereocenters. The van der Waals surface area contributed by atoms with Crippen LogP contribution in [-0.2, 0) is 11.0 Å². The largest absolute Gasteiger partial charge is 0.416 e. The standard InChI is InChI=1S/C21H21F3N4O2/c22-21(23,24)14-3-1-12(2-4-14)17(9-15-5-8-19(29)27-15)18-7-6-16(20(30)28-18)13(10-25)11-26/h1-4,6-7,10-11,15,17,25H,5,8-9,26H2,(H,27,29)(H,28,30)/b13-11+,25-10?/t15-,17?/m1/s1. The van der Waals surface area contributed by atoms with Crippen molar-refractivity contribution in [1.29, 1.82) is 5.41 Å². The van der Waals surface area contributed by atoms with E-state index in [0.29, 0.717) is 30.5 Å². The van der Waals surface area contributed by atoms with Crippen LogP contribution in [0.25, 0.3) is 5.57 Å². The molecule has 2 aromatic rings. The zero-order valence-corrected chi connectivity index (χ0v) is 15.9. The van der Waals surface area contributed by atoms with E-state index in [0.717, 1.165) is 24.5 Å². The molecule has 5 N–H and O–H groups in total. The number of allylic oxidation sites excluding steroid dienone is 1. The zero-order chi connectivity index (χ0) is 21.9. The van der Waals surface area contributed by atoms with Crippen molar-refractivity contribution in [1.82, 2.24) is 10.3 Å². The summed E-state index contributed by atoms with van der Waals surface area (Å²) in [5.41, 5.74) is 5.79. The maximum absolute atomic E-state index is 12.9. The fourth-order valence-electron chi connectivity index (χ4n) is 3.62. The number of carbonyl (C=O) groups excluding carboxylic acids is 1. The average Bonchev–Trinajstić information content (AvgIpc) is 3.12. The van der Waals surface area contributed by atoms with Gasteiger partial charge in [0.15, 0.2) is 0 Å². The number of nitrogens with two attached hydrogens (primary N) is 1. The summed E-state index contributed by atoms with van der Waals surface area (Å²) in [5.74, 6) is -0.499. The first-order valence-electron chi connectivity index (χ1n) is 9.35. The molecule has 1 aromatic heterocycles. The van der Waals surface area contributed by atoms with E-state index >= 15 is 0 Å². The van der Waals surface area contributed by atoms with Gasteiger partial charge in [-0.3, -0.25) is 9.59 Å². The number of hydrogen-bond donors (Lipinski definition) is 4. The number of nitrogens with one attached hydrogen (secondary N) is 3. The number of hydrogen-bond acceptors (Lipinski definition) is 4. The summed E-state index contributed by atoms with van der Waals surface area (Å²) >= 11 is 0. The van der Waals surface area contributed by atoms with Gasteiger partial charge >= 0.3 is 6.18 Å². The first kappa shape index (κ1) is 21.4. The van der Waals surface area contributed by atoms with E-state index in [-0.39, 0.29) is 23.1 Å². The van der Waals surface area contributed by atoms with Crippen LogP contribution in [0.1, 0.15) is 47.6 Å². The molecule has 3 rings (SSSR count). The lowest BCUT2D eigenvalue weighted by molar-refractivity contribution is -0.137. The summed E-state index contributed by atoms with van der Waals surface area (Å²) in [6.07, 6.45) is -0.891. The topological polar surface area (TPSA) is 112 Å². The van der Waals surface area contributed by atoms with Crippen LogP contribution in [-0.4, -0.2) is 23.1 Å². The first-order valence-corrected chi connectivity index (χ1v) is 9.35. The van der Waals surface area contributed by atoms with Crippen molar-refractivity contribution >= 4 is 17.7 Å². The Morgan fingerprint density at radius 2 is 1.90 bits per heavy atom. The van der Waals surface area contributed by atoms with Gasteiger partial charge < -0.3 is 21.4 Å². The molecule has 0 spiro atoms. The Hall–Kier alpha value is -3.36. The average molecular weight is 418 g/mol. The highest BCUT2D eigenvalue weighted by Gasteiger charge is 2.31. The number of rotatable bonds is 6. The van der Waals surface area contributed by atoms with Crippen LogP contribution in [0.4, 0.5) is 13.2 Å². The Balaban J connectivity index is 1.99. The minimum Gasteiger partial charge on any atom is -0.404 e. The quantitative estimate of drug-likeness (QED) is 0.541. The van der Waals surface area contributed by atoms with Crippen molar-refractivity contribution in [2.45, 2.75) is 37.4 Å². The van der Waals surface area contributed by atoms with Gasteiger partial charge in [-0.2, -0.15) is 13.2 Å². The number of alkyl halides is 3. The van der Waals surface area contributed by atoms with Crippen molar-refractivity contribution < 1.29 is 18.0 Å². The molecular formula is C21H21F3N4O2. The van der Waals surface area contributed by atoms with Gasteiger partial charge in [-0.1, -0.05) is 12.1 Å². The number of carbonyl (C=O) groups is 1. The van der Waals surface area contributed by atoms with E-state index in [4.69, 9.17) is 11.1 Å². The molecule has 1 aromatic carbocycles. The Kier molecular flexibility index (Phi) is 6.09. The van der Waals surface area contributed by atoms with E-state index in [9.17, 15) is 22.8 Å². The molecular weight excluding hydrogens is 397 g/mol. The predicted octanol–water partition coefficient (Wildman–Crippen LogP) is 3.14. The minimum atomic E-state index is -4.44. The second-order valence-corrected chi connectivity index (χ2v) is 7.13. The molecule has 1 aliphatic rings. The van der Waals surface area contributed by atoms with Crippen LogP contribution in [0.3, 0.4) is 0 Å². The number of H-pyrrole nitrogens is 1. The summed E-state index contributed by atoms with van der Waals surface area (Å²) in [7, 11) is 0. The Bertz CT molecular complexity index is 1030. The number of aromatic amines is 1. The third-order valence-corrected chi connectivity index (χ3v) is 5.20. The molecule has 0 saturated carbocycles. The zero-order valence-electron chi connectivity index (χ0n) is 15.9. The lowest BCUT2D eigenvalue weighted by Crippen LogP contribution is -2.28. The number of halogens is 3. The van der Waals surface area contributed by atoms with Gasteiger partial charge in [0.05, 0.1) is 5.56 Å². The molecule has 0 aliphatic carbocycles. The van der Waals surface area contributed by atoms with Crippen LogP contribution in [0.15, 0.2) is 47.4 Å². The Morgan fingerprint density at radius 1 is 1.20 bits per heavy atom. The third kappa shape index (κ3) is 4.61. The summed E-state index contributed by atoms with van der Waals surface area (Å²) in [6, 6.07) is 7.83. The molecule has 6 nitrogen and oxygen atoms in total. The molecule has 30 heavy (non-hydrogen) atoms. The molecule has 158 valence electrons. The van der Waals surface area contributed by atoms with Crippen molar-refractivity contribution in [3.63, 3.8) is 0 Å². The van der Waals surface area contributed by atoms with Gasteiger partial charge in [0.1, 0.15) is 0 Å². The summed E-state index contributed by atoms with van der Waals surface area (Å²) < 4.78 is 38.8. The molecule has 0 bridgehead atoms. The molecule has 1 saturated heterocycles. The number of pyridine rings is 1. The predicted molar refractivity (Wildman–Crippen MR) is 107 cm³/mol. The second-order valence-electron chi connectivity index (χ2n) is 7.13. The second kappa shape index (κ2) is 8.56. The molecule has 1 aliphatic heterocycles. The van der Waals surface area contributed by atoms with Crippen LogP contribution < -0.4 is 16.6 Å². The normalized spacial score (nSPS) is 18.2. The van der Waals surface area contributed by atoms with Crippen molar-refractivity contribution in [3.05, 3.63) is 75.3 Å². The molecule has 1 unspecified atom stereocenters. The Morgan fingerprint density at radius 3 is 2.40 bits per heavy atom. The van der Waals surface area contributed by atoms with Gasteiger partial charge in [-0.05, 0) is 42.7 Å². The summed E-state index contributed by atoms with van der Waals surface area (Å²) in [6.45, 7) is 0. The number of amides is 1. The van der Waals surface area contributed by atoms with Crippen LogP contribution in [0.2, 0.25) is 0 Å². The number of aromatic nitrogens is 1. The minimum absolute atomic E-state index is 0.0706. The smallest absolute Gasteiger partial charge is 0.404 e. The van der Waals surface area contributed by atoms with Crippen LogP contribution in [0, 0.1) is 5.41 Å². The van der Waals surface area contributed by atoms with Crippen molar-refractivity contribution in [2.24, 2.45) is 5.73 Å². The van der Waals surface area contributed by atoms with Gasteiger partial charge in [-0.15, -0.1) is 0 Å². The van der Waals surface area contributed by atoms with Crippen LogP contribution >= 0.6 is 0 Å². The first-order chi connectivity index (χ1) is 14.2. The fraction of sp³-hybridized carbons (Fsp3) is 0.286. The highest BCUT2D eigenvalue weighted by Crippen LogP contribution is 2.34. The SMILES string of the molecule is N=C/C(=C\N)c1ccc(C(C[C@H]2CCC(=O)N2)c2ccc(C(F)(F)F)cc2)[nH]c1=O. The van der Waals surface area contributed by atoms with Gasteiger partial charge in [-0.25, -0.2) is 0 Å². The maximum atomic E-state index is 12.9. The summed E-state index contributed by atoms with van der Waals surface area (Å²) in [5, 5.41) is 10.2. The molecule has 1 amide bonds. The lowest BCUT2D eigenvalue weighted by atomic mass is 9.87.